The molecule has 198 valence electrons. The summed E-state index contributed by atoms with van der Waals surface area (Å²) < 4.78 is 39.6. The zero-order chi connectivity index (χ0) is 26.7. The monoisotopic (exact) mass is 495 g/mol. The van der Waals surface area contributed by atoms with Crippen molar-refractivity contribution in [2.75, 3.05) is 6.61 Å². The van der Waals surface area contributed by atoms with Gasteiger partial charge in [-0.05, 0) is 94.7 Å². The van der Waals surface area contributed by atoms with Crippen LogP contribution in [0.15, 0.2) is 0 Å². The van der Waals surface area contributed by atoms with Crippen molar-refractivity contribution in [3.05, 3.63) is 33.4 Å². The molecule has 1 unspecified atom stereocenters. The van der Waals surface area contributed by atoms with Crippen LogP contribution in [0.3, 0.4) is 0 Å². The summed E-state index contributed by atoms with van der Waals surface area (Å²) >= 11 is 0. The summed E-state index contributed by atoms with van der Waals surface area (Å²) in [7, 11) is 0. The molecule has 1 amide bonds. The highest BCUT2D eigenvalue weighted by atomic mass is 19.3. The molecule has 0 spiro atoms. The average molecular weight is 496 g/mol. The van der Waals surface area contributed by atoms with Gasteiger partial charge in [-0.2, -0.15) is 0 Å². The molecule has 1 saturated carbocycles. The lowest BCUT2D eigenvalue weighted by Gasteiger charge is -2.41. The van der Waals surface area contributed by atoms with E-state index >= 15 is 0 Å². The molecule has 2 aliphatic rings. The van der Waals surface area contributed by atoms with Gasteiger partial charge in [0.1, 0.15) is 0 Å². The number of rotatable bonds is 5. The molecular formula is C28H43F2NO4. The fourth-order valence-electron chi connectivity index (χ4n) is 5.22. The van der Waals surface area contributed by atoms with Crippen molar-refractivity contribution in [2.45, 2.75) is 125 Å². The number of amides is 1. The fraction of sp³-hybridized carbons (Fsp3) is 0.714. The van der Waals surface area contributed by atoms with Gasteiger partial charge >= 0.3 is 5.97 Å². The predicted molar refractivity (Wildman–Crippen MR) is 134 cm³/mol. The number of halogens is 2. The molecule has 1 aromatic carbocycles. The van der Waals surface area contributed by atoms with Crippen molar-refractivity contribution in [1.82, 2.24) is 4.90 Å². The standard InChI is InChI=1S/C26H37F2NO4.C2H6/c1-8-32-24(31)23(33-25(5,6)7)22-16(3)15(2)20-14-29(21(30)12-19(20)17(22)4)18-10-9-11-26(27,28)13-18;1-2/h18,23H,8-14H2,1-7H3;1-2H3/t18?,23-;/m0./s1. The molecule has 0 radical (unpaired) electrons. The first-order chi connectivity index (χ1) is 16.3. The number of carbonyl (C=O) groups excluding carboxylic acids is 2. The van der Waals surface area contributed by atoms with E-state index in [-0.39, 0.29) is 31.8 Å². The van der Waals surface area contributed by atoms with E-state index in [1.54, 1.807) is 11.8 Å². The smallest absolute Gasteiger partial charge is 0.339 e. The molecule has 2 atom stereocenters. The quantitative estimate of drug-likeness (QED) is 0.437. The Hall–Kier alpha value is -2.02. The third-order valence-corrected chi connectivity index (χ3v) is 6.91. The zero-order valence-corrected chi connectivity index (χ0v) is 22.9. The van der Waals surface area contributed by atoms with Crippen molar-refractivity contribution >= 4 is 11.9 Å². The van der Waals surface area contributed by atoms with E-state index in [4.69, 9.17) is 9.47 Å². The van der Waals surface area contributed by atoms with Crippen molar-refractivity contribution in [3.8, 4) is 0 Å². The van der Waals surface area contributed by atoms with E-state index in [9.17, 15) is 18.4 Å². The zero-order valence-electron chi connectivity index (χ0n) is 22.9. The molecule has 0 aromatic heterocycles. The number of fused-ring (bicyclic) bond motifs is 1. The van der Waals surface area contributed by atoms with E-state index < -0.39 is 29.6 Å². The molecule has 1 aromatic rings. The Balaban J connectivity index is 0.00000210. The first-order valence-electron chi connectivity index (χ1n) is 12.9. The molecule has 35 heavy (non-hydrogen) atoms. The average Bonchev–Trinajstić information content (AvgIpc) is 2.77. The van der Waals surface area contributed by atoms with Crippen LogP contribution in [0, 0.1) is 20.8 Å². The van der Waals surface area contributed by atoms with Crippen LogP contribution < -0.4 is 0 Å². The first-order valence-corrected chi connectivity index (χ1v) is 12.9. The Morgan fingerprint density at radius 1 is 1.11 bits per heavy atom. The summed E-state index contributed by atoms with van der Waals surface area (Å²) in [5.74, 6) is -3.30. The minimum atomic E-state index is -2.72. The lowest BCUT2D eigenvalue weighted by atomic mass is 9.81. The van der Waals surface area contributed by atoms with Crippen LogP contribution in [-0.2, 0) is 32.0 Å². The minimum Gasteiger partial charge on any atom is -0.464 e. The Labute approximate surface area is 209 Å². The van der Waals surface area contributed by atoms with E-state index in [2.05, 4.69) is 0 Å². The van der Waals surface area contributed by atoms with Gasteiger partial charge in [-0.15, -0.1) is 0 Å². The lowest BCUT2D eigenvalue weighted by molar-refractivity contribution is -0.167. The summed E-state index contributed by atoms with van der Waals surface area (Å²) in [4.78, 5) is 27.7. The second-order valence-corrected chi connectivity index (χ2v) is 10.4. The van der Waals surface area contributed by atoms with Crippen LogP contribution in [-0.4, -0.2) is 40.9 Å². The highest BCUT2D eigenvalue weighted by molar-refractivity contribution is 5.84. The van der Waals surface area contributed by atoms with E-state index in [1.165, 1.54) is 0 Å². The number of alkyl halides is 2. The van der Waals surface area contributed by atoms with Crippen LogP contribution in [0.4, 0.5) is 8.78 Å². The second-order valence-electron chi connectivity index (χ2n) is 10.4. The van der Waals surface area contributed by atoms with Crippen LogP contribution in [0.1, 0.15) is 107 Å². The third-order valence-electron chi connectivity index (χ3n) is 6.91. The molecule has 1 fully saturated rings. The predicted octanol–water partition coefficient (Wildman–Crippen LogP) is 6.52. The first kappa shape index (κ1) is 29.2. The summed E-state index contributed by atoms with van der Waals surface area (Å²) in [5.41, 5.74) is 4.76. The van der Waals surface area contributed by atoms with E-state index in [1.807, 2.05) is 55.4 Å². The molecule has 1 heterocycles. The maximum atomic E-state index is 14.1. The fourth-order valence-corrected chi connectivity index (χ4v) is 5.22. The Kier molecular flexibility index (Phi) is 9.48. The highest BCUT2D eigenvalue weighted by Crippen LogP contribution is 2.41. The maximum absolute atomic E-state index is 14.1. The van der Waals surface area contributed by atoms with Gasteiger partial charge in [0, 0.05) is 25.4 Å². The van der Waals surface area contributed by atoms with Crippen LogP contribution in [0.25, 0.3) is 0 Å². The van der Waals surface area contributed by atoms with Gasteiger partial charge < -0.3 is 14.4 Å². The number of esters is 1. The number of benzene rings is 1. The van der Waals surface area contributed by atoms with Crippen molar-refractivity contribution in [2.24, 2.45) is 0 Å². The number of nitrogens with zero attached hydrogens (tertiary/aromatic N) is 1. The van der Waals surface area contributed by atoms with Crippen molar-refractivity contribution < 1.29 is 27.8 Å². The number of hydrogen-bond donors (Lipinski definition) is 0. The van der Waals surface area contributed by atoms with Crippen LogP contribution in [0.2, 0.25) is 0 Å². The van der Waals surface area contributed by atoms with Gasteiger partial charge in [-0.3, -0.25) is 4.79 Å². The molecule has 0 saturated heterocycles. The second kappa shape index (κ2) is 11.4. The van der Waals surface area contributed by atoms with Crippen LogP contribution in [0.5, 0.6) is 0 Å². The molecule has 1 aliphatic heterocycles. The summed E-state index contributed by atoms with van der Waals surface area (Å²) in [6.07, 6.45) is -0.105. The largest absolute Gasteiger partial charge is 0.464 e. The Bertz CT molecular complexity index is 936. The minimum absolute atomic E-state index is 0.105. The molecule has 0 N–H and O–H groups in total. The van der Waals surface area contributed by atoms with Crippen LogP contribution >= 0.6 is 0 Å². The van der Waals surface area contributed by atoms with Gasteiger partial charge in [-0.25, -0.2) is 13.6 Å². The molecule has 1 aliphatic carbocycles. The summed E-state index contributed by atoms with van der Waals surface area (Å²) in [6, 6.07) is -0.439. The molecular weight excluding hydrogens is 452 g/mol. The van der Waals surface area contributed by atoms with Gasteiger partial charge in [0.2, 0.25) is 11.8 Å². The maximum Gasteiger partial charge on any atom is 0.339 e. The molecule has 7 heteroatoms. The Morgan fingerprint density at radius 3 is 2.29 bits per heavy atom. The van der Waals surface area contributed by atoms with E-state index in [0.717, 1.165) is 33.4 Å². The number of hydrogen-bond acceptors (Lipinski definition) is 4. The molecule has 3 rings (SSSR count). The topological polar surface area (TPSA) is 55.8 Å². The van der Waals surface area contributed by atoms with Gasteiger partial charge in [0.15, 0.2) is 6.10 Å². The SMILES string of the molecule is CC.CCOC(=O)[C@@H](OC(C)(C)C)c1c(C)c(C)c2c(c1C)CC(=O)N(C1CCCC(F)(F)C1)C2. The van der Waals surface area contributed by atoms with Gasteiger partial charge in [0.25, 0.3) is 0 Å². The highest BCUT2D eigenvalue weighted by Gasteiger charge is 2.42. The third kappa shape index (κ3) is 6.60. The van der Waals surface area contributed by atoms with Crippen molar-refractivity contribution in [1.29, 1.82) is 0 Å². The van der Waals surface area contributed by atoms with E-state index in [0.29, 0.717) is 19.4 Å². The molecule has 0 bridgehead atoms. The van der Waals surface area contributed by atoms with Gasteiger partial charge in [0.05, 0.1) is 18.6 Å². The number of ether oxygens (including phenoxy) is 2. The normalized spacial score (nSPS) is 20.5. The molecule has 5 nitrogen and oxygen atoms in total. The summed E-state index contributed by atoms with van der Waals surface area (Å²) in [6.45, 7) is 17.8. The van der Waals surface area contributed by atoms with Gasteiger partial charge in [-0.1, -0.05) is 13.8 Å². The lowest BCUT2D eigenvalue weighted by Crippen LogP contribution is -2.48. The Morgan fingerprint density at radius 2 is 1.74 bits per heavy atom. The number of carbonyl (C=O) groups is 2. The van der Waals surface area contributed by atoms with Crippen molar-refractivity contribution in [3.63, 3.8) is 0 Å². The summed E-state index contributed by atoms with van der Waals surface area (Å²) in [5, 5.41) is 0.